The fourth-order valence-electron chi connectivity index (χ4n) is 3.24. The topological polar surface area (TPSA) is 52.7 Å². The van der Waals surface area contributed by atoms with E-state index in [1.807, 2.05) is 18.2 Å². The van der Waals surface area contributed by atoms with Gasteiger partial charge in [-0.2, -0.15) is 0 Å². The molecule has 6 heteroatoms. The number of halogens is 1. The maximum Gasteiger partial charge on any atom is 0.249 e. The number of hydrogen-bond acceptors (Lipinski definition) is 3. The minimum atomic E-state index is -0.385. The van der Waals surface area contributed by atoms with Crippen molar-refractivity contribution in [2.24, 2.45) is 5.92 Å². The lowest BCUT2D eigenvalue weighted by Crippen LogP contribution is -2.45. The van der Waals surface area contributed by atoms with Crippen molar-refractivity contribution in [2.75, 3.05) is 31.6 Å². The van der Waals surface area contributed by atoms with Crippen LogP contribution in [0.3, 0.4) is 0 Å². The van der Waals surface area contributed by atoms with Crippen molar-refractivity contribution in [1.82, 2.24) is 10.2 Å². The molecule has 22 heavy (non-hydrogen) atoms. The number of rotatable bonds is 3. The first-order chi connectivity index (χ1) is 10.6. The number of nitrogens with zero attached hydrogens (tertiary/aromatic N) is 2. The van der Waals surface area contributed by atoms with Crippen LogP contribution in [0, 0.1) is 5.92 Å². The lowest BCUT2D eigenvalue weighted by Gasteiger charge is -2.26. The minimum absolute atomic E-state index is 0.00726. The molecule has 0 aromatic heterocycles. The zero-order valence-corrected chi connectivity index (χ0v) is 13.3. The maximum absolute atomic E-state index is 12.7. The van der Waals surface area contributed by atoms with Crippen molar-refractivity contribution in [2.45, 2.75) is 18.9 Å². The van der Waals surface area contributed by atoms with Crippen LogP contribution in [-0.4, -0.2) is 49.4 Å². The highest BCUT2D eigenvalue weighted by atomic mass is 35.5. The Bertz CT molecular complexity index is 587. The quantitative estimate of drug-likeness (QED) is 0.918. The van der Waals surface area contributed by atoms with Gasteiger partial charge in [-0.3, -0.25) is 9.59 Å². The summed E-state index contributed by atoms with van der Waals surface area (Å²) in [5, 5.41) is 3.75. The summed E-state index contributed by atoms with van der Waals surface area (Å²) < 4.78 is 0. The monoisotopic (exact) mass is 321 g/mol. The summed E-state index contributed by atoms with van der Waals surface area (Å²) in [6.45, 7) is 2.17. The molecular weight excluding hydrogens is 302 g/mol. The van der Waals surface area contributed by atoms with Crippen LogP contribution in [0.1, 0.15) is 12.8 Å². The summed E-state index contributed by atoms with van der Waals surface area (Å²) in [5.74, 6) is 0.00595. The van der Waals surface area contributed by atoms with Crippen LogP contribution in [0.15, 0.2) is 24.3 Å². The van der Waals surface area contributed by atoms with Crippen LogP contribution in [0.2, 0.25) is 5.02 Å². The van der Waals surface area contributed by atoms with Gasteiger partial charge >= 0.3 is 0 Å². The Labute approximate surface area is 135 Å². The van der Waals surface area contributed by atoms with Gasteiger partial charge in [-0.05, 0) is 31.5 Å². The molecule has 118 valence electrons. The molecule has 0 bridgehead atoms. The van der Waals surface area contributed by atoms with E-state index in [-0.39, 0.29) is 23.8 Å². The third kappa shape index (κ3) is 2.71. The van der Waals surface area contributed by atoms with E-state index in [1.165, 1.54) is 0 Å². The summed E-state index contributed by atoms with van der Waals surface area (Å²) >= 11 is 6.18. The van der Waals surface area contributed by atoms with E-state index >= 15 is 0 Å². The van der Waals surface area contributed by atoms with Gasteiger partial charge in [-0.25, -0.2) is 0 Å². The average Bonchev–Trinajstić information content (AvgIpc) is 3.16. The molecule has 2 amide bonds. The Morgan fingerprint density at radius 2 is 2.14 bits per heavy atom. The number of anilines is 1. The summed E-state index contributed by atoms with van der Waals surface area (Å²) in [7, 11) is 1.74. The van der Waals surface area contributed by atoms with E-state index in [2.05, 4.69) is 5.32 Å². The van der Waals surface area contributed by atoms with Crippen LogP contribution in [0.5, 0.6) is 0 Å². The number of likely N-dealkylation sites (N-methyl/N-ethyl adjacent to an activating group) is 1. The van der Waals surface area contributed by atoms with Gasteiger partial charge in [0.25, 0.3) is 0 Å². The zero-order chi connectivity index (χ0) is 15.7. The van der Waals surface area contributed by atoms with Gasteiger partial charge in [0, 0.05) is 20.1 Å². The summed E-state index contributed by atoms with van der Waals surface area (Å²) in [6.07, 6.45) is 1.49. The van der Waals surface area contributed by atoms with Gasteiger partial charge in [0.05, 0.1) is 16.6 Å². The first-order valence-electron chi connectivity index (χ1n) is 7.63. The number of nitrogens with one attached hydrogen (secondary N) is 1. The molecular formula is C16H20ClN3O2. The summed E-state index contributed by atoms with van der Waals surface area (Å²) in [5.41, 5.74) is 0.722. The Balaban J connectivity index is 1.73. The molecule has 3 rings (SSSR count). The highest BCUT2D eigenvalue weighted by Gasteiger charge is 2.39. The van der Waals surface area contributed by atoms with Crippen molar-refractivity contribution in [3.8, 4) is 0 Å². The Morgan fingerprint density at radius 3 is 2.82 bits per heavy atom. The largest absolute Gasteiger partial charge is 0.333 e. The predicted molar refractivity (Wildman–Crippen MR) is 86.0 cm³/mol. The maximum atomic E-state index is 12.7. The third-order valence-electron chi connectivity index (χ3n) is 4.55. The molecule has 2 aliphatic rings. The molecule has 0 spiro atoms. The molecule has 1 aromatic rings. The van der Waals surface area contributed by atoms with Crippen LogP contribution < -0.4 is 10.2 Å². The number of hydrogen-bond donors (Lipinski definition) is 1. The lowest BCUT2D eigenvalue weighted by atomic mass is 10.1. The zero-order valence-electron chi connectivity index (χ0n) is 12.6. The van der Waals surface area contributed by atoms with Crippen molar-refractivity contribution in [1.29, 1.82) is 0 Å². The fourth-order valence-corrected chi connectivity index (χ4v) is 3.48. The molecule has 1 aromatic carbocycles. The molecule has 0 aliphatic carbocycles. The van der Waals surface area contributed by atoms with E-state index in [1.54, 1.807) is 22.9 Å². The standard InChI is InChI=1S/C16H20ClN3O2/c1-19(15(21)11-6-8-18-10-11)14-7-9-20(16(14)22)13-5-3-2-4-12(13)17/h2-5,11,14,18H,6-10H2,1H3/t11-,14-/m0/s1. The Kier molecular flexibility index (Phi) is 4.36. The van der Waals surface area contributed by atoms with E-state index < -0.39 is 0 Å². The van der Waals surface area contributed by atoms with Crippen molar-refractivity contribution >= 4 is 29.1 Å². The SMILES string of the molecule is CN(C(=O)[C@H]1CCNC1)[C@H]1CCN(c2ccccc2Cl)C1=O. The first kappa shape index (κ1) is 15.3. The number of amides is 2. The van der Waals surface area contributed by atoms with Gasteiger partial charge in [-0.15, -0.1) is 0 Å². The lowest BCUT2D eigenvalue weighted by molar-refractivity contribution is -0.139. The smallest absolute Gasteiger partial charge is 0.249 e. The predicted octanol–water partition coefficient (Wildman–Crippen LogP) is 1.51. The normalized spacial score (nSPS) is 24.8. The number of carbonyl (C=O) groups excluding carboxylic acids is 2. The second-order valence-electron chi connectivity index (χ2n) is 5.88. The van der Waals surface area contributed by atoms with Gasteiger partial charge in [0.1, 0.15) is 6.04 Å². The highest BCUT2D eigenvalue weighted by molar-refractivity contribution is 6.34. The highest BCUT2D eigenvalue weighted by Crippen LogP contribution is 2.30. The average molecular weight is 322 g/mol. The Morgan fingerprint density at radius 1 is 1.36 bits per heavy atom. The molecule has 2 heterocycles. The van der Waals surface area contributed by atoms with Crippen LogP contribution in [0.25, 0.3) is 0 Å². The molecule has 2 aliphatic heterocycles. The minimum Gasteiger partial charge on any atom is -0.333 e. The second kappa shape index (κ2) is 6.26. The Hall–Kier alpha value is -1.59. The van der Waals surface area contributed by atoms with Crippen LogP contribution in [0.4, 0.5) is 5.69 Å². The molecule has 0 unspecified atom stereocenters. The summed E-state index contributed by atoms with van der Waals surface area (Å²) in [6, 6.07) is 6.93. The van der Waals surface area contributed by atoms with E-state index in [9.17, 15) is 9.59 Å². The van der Waals surface area contributed by atoms with Crippen molar-refractivity contribution in [3.63, 3.8) is 0 Å². The molecule has 2 atom stereocenters. The molecule has 1 N–H and O–H groups in total. The van der Waals surface area contributed by atoms with Gasteiger partial charge < -0.3 is 15.1 Å². The van der Waals surface area contributed by atoms with Gasteiger partial charge in [0.2, 0.25) is 11.8 Å². The van der Waals surface area contributed by atoms with Crippen LogP contribution in [-0.2, 0) is 9.59 Å². The number of para-hydroxylation sites is 1. The second-order valence-corrected chi connectivity index (χ2v) is 6.29. The third-order valence-corrected chi connectivity index (χ3v) is 4.86. The molecule has 2 saturated heterocycles. The van der Waals surface area contributed by atoms with Gasteiger partial charge in [0.15, 0.2) is 0 Å². The van der Waals surface area contributed by atoms with Gasteiger partial charge in [-0.1, -0.05) is 23.7 Å². The summed E-state index contributed by atoms with van der Waals surface area (Å²) in [4.78, 5) is 28.5. The number of benzene rings is 1. The first-order valence-corrected chi connectivity index (χ1v) is 8.00. The van der Waals surface area contributed by atoms with E-state index in [4.69, 9.17) is 11.6 Å². The van der Waals surface area contributed by atoms with Crippen molar-refractivity contribution < 1.29 is 9.59 Å². The van der Waals surface area contributed by atoms with Crippen LogP contribution >= 0.6 is 11.6 Å². The van der Waals surface area contributed by atoms with E-state index in [0.29, 0.717) is 24.5 Å². The number of carbonyl (C=O) groups is 2. The molecule has 0 radical (unpaired) electrons. The van der Waals surface area contributed by atoms with E-state index in [0.717, 1.165) is 18.7 Å². The molecule has 0 saturated carbocycles. The molecule has 2 fully saturated rings. The fraction of sp³-hybridized carbons (Fsp3) is 0.500. The van der Waals surface area contributed by atoms with Crippen molar-refractivity contribution in [3.05, 3.63) is 29.3 Å². The molecule has 5 nitrogen and oxygen atoms in total.